The molecule has 0 radical (unpaired) electrons. The molecular weight excluding hydrogens is 360 g/mol. The number of thiophene rings is 1. The third-order valence-electron chi connectivity index (χ3n) is 3.56. The van der Waals surface area contributed by atoms with Crippen LogP contribution in [0.15, 0.2) is 59.2 Å². The zero-order valence-electron chi connectivity index (χ0n) is 11.4. The van der Waals surface area contributed by atoms with Gasteiger partial charge >= 0.3 is 0 Å². The lowest BCUT2D eigenvalue weighted by Crippen LogP contribution is -2.10. The number of fused-ring (bicyclic) bond motifs is 2. The molecule has 2 heterocycles. The van der Waals surface area contributed by atoms with Gasteiger partial charge in [0.25, 0.3) is 5.91 Å². The van der Waals surface area contributed by atoms with E-state index < -0.39 is 0 Å². The number of H-pyrrole nitrogens is 1. The van der Waals surface area contributed by atoms with Crippen molar-refractivity contribution in [1.82, 2.24) is 4.98 Å². The second kappa shape index (κ2) is 5.26. The number of amides is 1. The first-order chi connectivity index (χ1) is 10.7. The summed E-state index contributed by atoms with van der Waals surface area (Å²) in [6, 6.07) is 15.7. The van der Waals surface area contributed by atoms with Gasteiger partial charge in [-0.15, -0.1) is 11.3 Å². The molecule has 1 amide bonds. The molecule has 2 N–H and O–H groups in total. The van der Waals surface area contributed by atoms with Crippen molar-refractivity contribution in [3.05, 3.63) is 64.1 Å². The SMILES string of the molecule is O=C(Nc1cccc2[nH]ccc12)c1cc2cccc(Br)c2s1. The van der Waals surface area contributed by atoms with Gasteiger partial charge in [-0.25, -0.2) is 0 Å². The number of aromatic nitrogens is 1. The number of aromatic amines is 1. The average molecular weight is 371 g/mol. The van der Waals surface area contributed by atoms with Gasteiger partial charge in [-0.05, 0) is 51.6 Å². The van der Waals surface area contributed by atoms with Crippen LogP contribution in [-0.4, -0.2) is 10.9 Å². The monoisotopic (exact) mass is 370 g/mol. The normalized spacial score (nSPS) is 11.1. The summed E-state index contributed by atoms with van der Waals surface area (Å²) in [4.78, 5) is 16.4. The van der Waals surface area contributed by atoms with Gasteiger partial charge in [-0.1, -0.05) is 18.2 Å². The van der Waals surface area contributed by atoms with E-state index in [1.54, 1.807) is 0 Å². The molecule has 0 unspecified atom stereocenters. The Morgan fingerprint density at radius 3 is 2.86 bits per heavy atom. The van der Waals surface area contributed by atoms with Crippen molar-refractivity contribution >= 4 is 59.9 Å². The summed E-state index contributed by atoms with van der Waals surface area (Å²) in [5, 5.41) is 5.09. The van der Waals surface area contributed by atoms with Crippen molar-refractivity contribution in [3.8, 4) is 0 Å². The van der Waals surface area contributed by atoms with Crippen molar-refractivity contribution in [3.63, 3.8) is 0 Å². The summed E-state index contributed by atoms with van der Waals surface area (Å²) < 4.78 is 2.11. The number of rotatable bonds is 2. The van der Waals surface area contributed by atoms with Gasteiger partial charge in [0.15, 0.2) is 0 Å². The number of carbonyl (C=O) groups is 1. The Kier molecular flexibility index (Phi) is 3.24. The number of hydrogen-bond donors (Lipinski definition) is 2. The van der Waals surface area contributed by atoms with E-state index in [2.05, 4.69) is 26.2 Å². The third kappa shape index (κ3) is 2.23. The third-order valence-corrected chi connectivity index (χ3v) is 5.67. The highest BCUT2D eigenvalue weighted by molar-refractivity contribution is 9.10. The topological polar surface area (TPSA) is 44.9 Å². The first-order valence-electron chi connectivity index (χ1n) is 6.78. The molecule has 108 valence electrons. The summed E-state index contributed by atoms with van der Waals surface area (Å²) in [5.41, 5.74) is 1.83. The minimum absolute atomic E-state index is 0.0817. The van der Waals surface area contributed by atoms with Crippen LogP contribution in [0.1, 0.15) is 9.67 Å². The molecule has 0 fully saturated rings. The lowest BCUT2D eigenvalue weighted by Gasteiger charge is -2.04. The van der Waals surface area contributed by atoms with Gasteiger partial charge in [0, 0.05) is 26.3 Å². The number of halogens is 1. The number of carbonyl (C=O) groups excluding carboxylic acids is 1. The second-order valence-corrected chi connectivity index (χ2v) is 6.87. The lowest BCUT2D eigenvalue weighted by molar-refractivity contribution is 0.103. The fraction of sp³-hybridized carbons (Fsp3) is 0. The van der Waals surface area contributed by atoms with E-state index in [0.29, 0.717) is 4.88 Å². The number of benzene rings is 2. The summed E-state index contributed by atoms with van der Waals surface area (Å²) >= 11 is 5.02. The Labute approximate surface area is 139 Å². The van der Waals surface area contributed by atoms with Crippen LogP contribution in [0, 0.1) is 0 Å². The van der Waals surface area contributed by atoms with Gasteiger partial charge in [-0.3, -0.25) is 4.79 Å². The second-order valence-electron chi connectivity index (χ2n) is 4.97. The van der Waals surface area contributed by atoms with Gasteiger partial charge < -0.3 is 10.3 Å². The molecule has 5 heteroatoms. The number of nitrogens with one attached hydrogen (secondary N) is 2. The Bertz CT molecular complexity index is 1000. The van der Waals surface area contributed by atoms with Crippen LogP contribution in [0.4, 0.5) is 5.69 Å². The number of hydrogen-bond acceptors (Lipinski definition) is 2. The van der Waals surface area contributed by atoms with Crippen LogP contribution < -0.4 is 5.32 Å². The predicted molar refractivity (Wildman–Crippen MR) is 95.8 cm³/mol. The summed E-state index contributed by atoms with van der Waals surface area (Å²) in [5.74, 6) is -0.0817. The molecule has 3 nitrogen and oxygen atoms in total. The van der Waals surface area contributed by atoms with Crippen LogP contribution in [0.5, 0.6) is 0 Å². The quantitative estimate of drug-likeness (QED) is 0.487. The summed E-state index contributed by atoms with van der Waals surface area (Å²) in [6.07, 6.45) is 1.87. The molecular formula is C17H11BrN2OS. The van der Waals surface area contributed by atoms with E-state index in [1.807, 2.05) is 54.7 Å². The Balaban J connectivity index is 1.71. The van der Waals surface area contributed by atoms with Crippen molar-refractivity contribution in [2.75, 3.05) is 5.32 Å². The molecule has 0 atom stereocenters. The molecule has 2 aromatic carbocycles. The Morgan fingerprint density at radius 1 is 1.14 bits per heavy atom. The summed E-state index contributed by atoms with van der Waals surface area (Å²) in [7, 11) is 0. The maximum absolute atomic E-state index is 12.5. The molecule has 0 saturated carbocycles. The largest absolute Gasteiger partial charge is 0.361 e. The first-order valence-corrected chi connectivity index (χ1v) is 8.39. The van der Waals surface area contributed by atoms with E-state index in [-0.39, 0.29) is 5.91 Å². The van der Waals surface area contributed by atoms with E-state index in [0.717, 1.165) is 31.1 Å². The molecule has 4 rings (SSSR count). The van der Waals surface area contributed by atoms with Crippen LogP contribution >= 0.6 is 27.3 Å². The van der Waals surface area contributed by atoms with Gasteiger partial charge in [0.05, 0.1) is 10.6 Å². The van der Waals surface area contributed by atoms with Crippen molar-refractivity contribution in [2.24, 2.45) is 0 Å². The van der Waals surface area contributed by atoms with Crippen LogP contribution in [0.2, 0.25) is 0 Å². The van der Waals surface area contributed by atoms with Gasteiger partial charge in [0.1, 0.15) is 0 Å². The van der Waals surface area contributed by atoms with E-state index >= 15 is 0 Å². The Morgan fingerprint density at radius 2 is 2.00 bits per heavy atom. The van der Waals surface area contributed by atoms with Crippen LogP contribution in [0.3, 0.4) is 0 Å². The standard InChI is InChI=1S/C17H11BrN2OS/c18-12-4-1-3-10-9-15(22-16(10)12)17(21)20-14-6-2-5-13-11(14)7-8-19-13/h1-9,19H,(H,20,21). The summed E-state index contributed by atoms with van der Waals surface area (Å²) in [6.45, 7) is 0. The first kappa shape index (κ1) is 13.5. The molecule has 0 bridgehead atoms. The molecule has 0 saturated heterocycles. The zero-order valence-corrected chi connectivity index (χ0v) is 13.8. The van der Waals surface area contributed by atoms with Crippen molar-refractivity contribution < 1.29 is 4.79 Å². The predicted octanol–water partition coefficient (Wildman–Crippen LogP) is 5.40. The maximum atomic E-state index is 12.5. The maximum Gasteiger partial charge on any atom is 0.265 e. The molecule has 0 aliphatic heterocycles. The van der Waals surface area contributed by atoms with E-state index in [4.69, 9.17) is 0 Å². The average Bonchev–Trinajstić information content (AvgIpc) is 3.14. The highest BCUT2D eigenvalue weighted by atomic mass is 79.9. The lowest BCUT2D eigenvalue weighted by atomic mass is 10.2. The van der Waals surface area contributed by atoms with E-state index in [1.165, 1.54) is 11.3 Å². The fourth-order valence-corrected chi connectivity index (χ4v) is 4.10. The fourth-order valence-electron chi connectivity index (χ4n) is 2.52. The van der Waals surface area contributed by atoms with Gasteiger partial charge in [-0.2, -0.15) is 0 Å². The molecule has 4 aromatic rings. The van der Waals surface area contributed by atoms with Crippen molar-refractivity contribution in [1.29, 1.82) is 0 Å². The minimum Gasteiger partial charge on any atom is -0.361 e. The van der Waals surface area contributed by atoms with Crippen LogP contribution in [-0.2, 0) is 0 Å². The van der Waals surface area contributed by atoms with Gasteiger partial charge in [0.2, 0.25) is 0 Å². The smallest absolute Gasteiger partial charge is 0.265 e. The van der Waals surface area contributed by atoms with Crippen molar-refractivity contribution in [2.45, 2.75) is 0 Å². The minimum atomic E-state index is -0.0817. The Hall–Kier alpha value is -2.11. The molecule has 2 aromatic heterocycles. The molecule has 22 heavy (non-hydrogen) atoms. The molecule has 0 spiro atoms. The zero-order chi connectivity index (χ0) is 15.1. The molecule has 0 aliphatic carbocycles. The van der Waals surface area contributed by atoms with E-state index in [9.17, 15) is 4.79 Å². The number of anilines is 1. The molecule has 0 aliphatic rings. The highest BCUT2D eigenvalue weighted by Crippen LogP contribution is 2.32. The van der Waals surface area contributed by atoms with Crippen LogP contribution in [0.25, 0.3) is 21.0 Å². The highest BCUT2D eigenvalue weighted by Gasteiger charge is 2.13.